The molecule has 1 rings (SSSR count). The van der Waals surface area contributed by atoms with Crippen LogP contribution in [0.5, 0.6) is 0 Å². The van der Waals surface area contributed by atoms with Gasteiger partial charge < -0.3 is 50.5 Å². The van der Waals surface area contributed by atoms with Crippen molar-refractivity contribution in [1.29, 1.82) is 0 Å². The highest BCUT2D eigenvalue weighted by molar-refractivity contribution is 5.80. The maximum atomic E-state index is 13.2. The quantitative estimate of drug-likeness (QED) is 0.0215. The molecule has 1 saturated heterocycles. The summed E-state index contributed by atoms with van der Waals surface area (Å²) in [4.78, 5) is 13.2. The van der Waals surface area contributed by atoms with Crippen molar-refractivity contribution < 1.29 is 50.0 Å². The molecule has 9 unspecified atom stereocenters. The first-order chi connectivity index (χ1) is 33.7. The summed E-state index contributed by atoms with van der Waals surface area (Å²) in [5.74, 6) is -0.701. The fourth-order valence-electron chi connectivity index (χ4n) is 9.74. The highest BCUT2D eigenvalue weighted by atomic mass is 16.7. The molecule has 0 spiro atoms. The summed E-state index contributed by atoms with van der Waals surface area (Å²) in [5.41, 5.74) is 0. The number of hydrogen-bond acceptors (Lipinski definition) is 10. The number of amides is 1. The third kappa shape index (κ3) is 36.4. The van der Waals surface area contributed by atoms with Gasteiger partial charge in [0.05, 0.1) is 25.4 Å². The van der Waals surface area contributed by atoms with Gasteiger partial charge in [0.25, 0.3) is 0 Å². The van der Waals surface area contributed by atoms with E-state index in [0.29, 0.717) is 12.8 Å². The Hall–Kier alpha value is -1.15. The molecule has 69 heavy (non-hydrogen) atoms. The van der Waals surface area contributed by atoms with E-state index < -0.39 is 74.2 Å². The summed E-state index contributed by atoms with van der Waals surface area (Å²) in [6, 6.07) is -1.18. The Bertz CT molecular complexity index is 1130. The first kappa shape index (κ1) is 65.9. The zero-order chi connectivity index (χ0) is 50.4. The largest absolute Gasteiger partial charge is 0.394 e. The van der Waals surface area contributed by atoms with Gasteiger partial charge in [0, 0.05) is 0 Å². The lowest BCUT2D eigenvalue weighted by molar-refractivity contribution is -0.303. The van der Waals surface area contributed by atoms with Gasteiger partial charge in [-0.1, -0.05) is 257 Å². The zero-order valence-corrected chi connectivity index (χ0v) is 44.8. The van der Waals surface area contributed by atoms with Crippen LogP contribution < -0.4 is 5.32 Å². The molecular formula is C58H113NO10. The topological polar surface area (TPSA) is 189 Å². The zero-order valence-electron chi connectivity index (χ0n) is 44.8. The molecule has 9 atom stereocenters. The van der Waals surface area contributed by atoms with E-state index >= 15 is 0 Å². The lowest BCUT2D eigenvalue weighted by Crippen LogP contribution is -2.60. The third-order valence-electron chi connectivity index (χ3n) is 14.6. The summed E-state index contributed by atoms with van der Waals surface area (Å²) >= 11 is 0. The van der Waals surface area contributed by atoms with Gasteiger partial charge in [0.1, 0.15) is 36.6 Å². The van der Waals surface area contributed by atoms with Gasteiger partial charge in [-0.05, 0) is 38.5 Å². The Morgan fingerprint density at radius 1 is 0.493 bits per heavy atom. The number of aliphatic hydroxyl groups excluding tert-OH is 7. The minimum absolute atomic E-state index is 0.259. The van der Waals surface area contributed by atoms with Crippen molar-refractivity contribution in [2.24, 2.45) is 0 Å². The summed E-state index contributed by atoms with van der Waals surface area (Å²) in [6.45, 7) is 3.48. The molecule has 1 fully saturated rings. The van der Waals surface area contributed by atoms with Crippen molar-refractivity contribution in [3.63, 3.8) is 0 Å². The van der Waals surface area contributed by atoms with Gasteiger partial charge in [-0.3, -0.25) is 4.79 Å². The van der Waals surface area contributed by atoms with Crippen LogP contribution in [0.1, 0.15) is 284 Å². The first-order valence-corrected chi connectivity index (χ1v) is 29.6. The maximum absolute atomic E-state index is 13.2. The van der Waals surface area contributed by atoms with E-state index in [-0.39, 0.29) is 12.8 Å². The number of allylic oxidation sites excluding steroid dienone is 2. The molecule has 0 aliphatic carbocycles. The summed E-state index contributed by atoms with van der Waals surface area (Å²) < 4.78 is 11.1. The van der Waals surface area contributed by atoms with Crippen molar-refractivity contribution in [2.45, 2.75) is 339 Å². The highest BCUT2D eigenvalue weighted by Gasteiger charge is 2.44. The Balaban J connectivity index is 2.29. The van der Waals surface area contributed by atoms with E-state index in [9.17, 15) is 40.5 Å². The van der Waals surface area contributed by atoms with E-state index in [1.165, 1.54) is 205 Å². The molecule has 0 aromatic rings. The highest BCUT2D eigenvalue weighted by Crippen LogP contribution is 2.23. The predicted molar refractivity (Wildman–Crippen MR) is 284 cm³/mol. The molecule has 1 amide bonds. The van der Waals surface area contributed by atoms with E-state index in [4.69, 9.17) is 9.47 Å². The van der Waals surface area contributed by atoms with Crippen LogP contribution in [0.15, 0.2) is 12.2 Å². The Morgan fingerprint density at radius 2 is 0.855 bits per heavy atom. The van der Waals surface area contributed by atoms with Crippen LogP contribution in [0, 0.1) is 0 Å². The lowest BCUT2D eigenvalue weighted by atomic mass is 9.98. The number of rotatable bonds is 51. The molecule has 1 aliphatic heterocycles. The van der Waals surface area contributed by atoms with Crippen molar-refractivity contribution in [2.75, 3.05) is 13.2 Å². The fraction of sp³-hybridized carbons (Fsp3) is 0.948. The fourth-order valence-corrected chi connectivity index (χ4v) is 9.74. The molecule has 0 aromatic carbocycles. The van der Waals surface area contributed by atoms with Crippen molar-refractivity contribution >= 4 is 5.91 Å². The molecule has 0 saturated carbocycles. The van der Waals surface area contributed by atoms with Gasteiger partial charge in [-0.15, -0.1) is 0 Å². The van der Waals surface area contributed by atoms with Crippen molar-refractivity contribution in [1.82, 2.24) is 5.32 Å². The van der Waals surface area contributed by atoms with Crippen LogP contribution in [0.25, 0.3) is 0 Å². The predicted octanol–water partition coefficient (Wildman–Crippen LogP) is 12.4. The van der Waals surface area contributed by atoms with Gasteiger partial charge in [-0.25, -0.2) is 0 Å². The van der Waals surface area contributed by atoms with E-state index in [1.54, 1.807) is 0 Å². The first-order valence-electron chi connectivity index (χ1n) is 29.6. The minimum Gasteiger partial charge on any atom is -0.394 e. The molecule has 1 heterocycles. The summed E-state index contributed by atoms with van der Waals surface area (Å²) in [7, 11) is 0. The van der Waals surface area contributed by atoms with Crippen LogP contribution in [-0.4, -0.2) is 110 Å². The van der Waals surface area contributed by atoms with E-state index in [0.717, 1.165) is 38.5 Å². The van der Waals surface area contributed by atoms with Gasteiger partial charge >= 0.3 is 0 Å². The molecule has 8 N–H and O–H groups in total. The second-order valence-electron chi connectivity index (χ2n) is 21.1. The molecule has 11 heteroatoms. The van der Waals surface area contributed by atoms with E-state index in [2.05, 4.69) is 31.3 Å². The van der Waals surface area contributed by atoms with Crippen molar-refractivity contribution in [3.05, 3.63) is 12.2 Å². The van der Waals surface area contributed by atoms with Crippen LogP contribution in [0.4, 0.5) is 0 Å². The van der Waals surface area contributed by atoms with Crippen LogP contribution in [0.3, 0.4) is 0 Å². The molecule has 11 nitrogen and oxygen atoms in total. The normalized spacial score (nSPS) is 20.4. The van der Waals surface area contributed by atoms with Gasteiger partial charge in [0.15, 0.2) is 6.29 Å². The third-order valence-corrected chi connectivity index (χ3v) is 14.6. The summed E-state index contributed by atoms with van der Waals surface area (Å²) in [5, 5.41) is 76.1. The number of nitrogens with one attached hydrogen (secondary N) is 1. The van der Waals surface area contributed by atoms with Gasteiger partial charge in [0.2, 0.25) is 5.91 Å². The lowest BCUT2D eigenvalue weighted by Gasteiger charge is -2.40. The SMILES string of the molecule is CCCCCCCCCCCCCCCCCCCCCCC/C=C/CCCC(O)C(O)C(COC1OC(CO)C(O)C(O)C1O)NC(=O)C(O)CCCCCCCCCCCCCCCCCC. The smallest absolute Gasteiger partial charge is 0.249 e. The second-order valence-corrected chi connectivity index (χ2v) is 21.1. The number of carbonyl (C=O) groups excluding carboxylic acids is 1. The number of unbranched alkanes of at least 4 members (excludes halogenated alkanes) is 37. The Morgan fingerprint density at radius 3 is 1.25 bits per heavy atom. The molecule has 0 aromatic heterocycles. The molecular weight excluding hydrogens is 871 g/mol. The standard InChI is InChI=1S/C58H113NO10/c1-3-5-7-9-11-13-15-17-19-21-22-23-24-25-26-27-28-29-30-32-33-35-37-39-41-43-45-50(61)53(63)49(48-68-58-56(66)55(65)54(64)52(47-60)69-58)59-57(67)51(62)46-44-42-40-38-36-34-31-20-18-16-14-12-10-8-6-4-2/h37,39,49-56,58,60-66H,3-36,38,40-48H2,1-2H3,(H,59,67)/b39-37+. The average Bonchev–Trinajstić information content (AvgIpc) is 3.35. The number of carbonyl (C=O) groups is 1. The second kappa shape index (κ2) is 47.8. The minimum atomic E-state index is -1.66. The Labute approximate surface area is 423 Å². The molecule has 0 radical (unpaired) electrons. The van der Waals surface area contributed by atoms with Gasteiger partial charge in [-0.2, -0.15) is 0 Å². The molecule has 410 valence electrons. The monoisotopic (exact) mass is 984 g/mol. The maximum Gasteiger partial charge on any atom is 0.249 e. The number of hydrogen-bond donors (Lipinski definition) is 8. The Kier molecular flexibility index (Phi) is 45.7. The van der Waals surface area contributed by atoms with E-state index in [1.807, 2.05) is 0 Å². The summed E-state index contributed by atoms with van der Waals surface area (Å²) in [6.07, 6.45) is 44.2. The van der Waals surface area contributed by atoms with Crippen LogP contribution in [-0.2, 0) is 14.3 Å². The molecule has 0 bridgehead atoms. The van der Waals surface area contributed by atoms with Crippen LogP contribution >= 0.6 is 0 Å². The molecule has 1 aliphatic rings. The average molecular weight is 985 g/mol. The van der Waals surface area contributed by atoms with Crippen molar-refractivity contribution in [3.8, 4) is 0 Å². The number of aliphatic hydroxyl groups is 7. The van der Waals surface area contributed by atoms with Crippen LogP contribution in [0.2, 0.25) is 0 Å². The number of ether oxygens (including phenoxy) is 2.